The minimum Gasteiger partial charge on any atom is -0.496 e. The highest BCUT2D eigenvalue weighted by Gasteiger charge is 2.39. The van der Waals surface area contributed by atoms with Crippen LogP contribution in [0.5, 0.6) is 23.0 Å². The molecule has 0 aromatic heterocycles. The summed E-state index contributed by atoms with van der Waals surface area (Å²) < 4.78 is 83.6. The molecular formula is C48H42F4N2O10. The Morgan fingerprint density at radius 1 is 0.531 bits per heavy atom. The zero-order valence-corrected chi connectivity index (χ0v) is 35.1. The summed E-state index contributed by atoms with van der Waals surface area (Å²) in [6, 6.07) is 27.4. The lowest BCUT2D eigenvalue weighted by Crippen LogP contribution is -2.23. The van der Waals surface area contributed by atoms with E-state index < -0.39 is 19.1 Å². The molecule has 8 rings (SSSR count). The van der Waals surface area contributed by atoms with Gasteiger partial charge in [-0.3, -0.25) is 19.2 Å². The minimum absolute atomic E-state index is 0.0267. The second-order valence-corrected chi connectivity index (χ2v) is 14.4. The van der Waals surface area contributed by atoms with Crippen LogP contribution in [0.2, 0.25) is 0 Å². The zero-order chi connectivity index (χ0) is 45.7. The third-order valence-electron chi connectivity index (χ3n) is 10.6. The maximum atomic E-state index is 13.3. The summed E-state index contributed by atoms with van der Waals surface area (Å²) >= 11 is 0. The monoisotopic (exact) mass is 882 g/mol. The largest absolute Gasteiger partial charge is 0.496 e. The first-order chi connectivity index (χ1) is 30.9. The Kier molecular flexibility index (Phi) is 13.5. The lowest BCUT2D eigenvalue weighted by molar-refractivity contribution is -0.143. The van der Waals surface area contributed by atoms with E-state index in [0.29, 0.717) is 68.8 Å². The molecule has 64 heavy (non-hydrogen) atoms. The molecule has 6 aromatic carbocycles. The highest BCUT2D eigenvalue weighted by molar-refractivity contribution is 6.18. The van der Waals surface area contributed by atoms with Crippen LogP contribution in [0.25, 0.3) is 21.5 Å². The Bertz CT molecular complexity index is 2670. The third-order valence-corrected chi connectivity index (χ3v) is 10.6. The summed E-state index contributed by atoms with van der Waals surface area (Å²) in [5, 5.41) is 1.93. The fourth-order valence-electron chi connectivity index (χ4n) is 7.98. The molecule has 2 aliphatic rings. The van der Waals surface area contributed by atoms with E-state index in [9.17, 15) is 36.7 Å². The Hall–Kier alpha value is -7.36. The van der Waals surface area contributed by atoms with E-state index in [4.69, 9.17) is 28.4 Å². The first-order valence-corrected chi connectivity index (χ1v) is 20.1. The summed E-state index contributed by atoms with van der Waals surface area (Å²) in [5.74, 6) is -0.919. The molecular weight excluding hydrogens is 841 g/mol. The number of fused-ring (bicyclic) bond motifs is 4. The number of amides is 2. The van der Waals surface area contributed by atoms with Gasteiger partial charge in [-0.2, -0.15) is 17.6 Å². The Labute approximate surface area is 364 Å². The van der Waals surface area contributed by atoms with Gasteiger partial charge in [0, 0.05) is 44.0 Å². The van der Waals surface area contributed by atoms with E-state index in [0.717, 1.165) is 11.1 Å². The van der Waals surface area contributed by atoms with Crippen molar-refractivity contribution >= 4 is 56.7 Å². The molecule has 16 heteroatoms. The number of carbonyl (C=O) groups is 4. The molecule has 0 saturated carbocycles. The number of carbonyl (C=O) groups excluding carboxylic acids is 4. The van der Waals surface area contributed by atoms with Gasteiger partial charge in [-0.15, -0.1) is 0 Å². The number of nitrogens with zero attached hydrogens (tertiary/aromatic N) is 2. The molecule has 0 N–H and O–H groups in total. The molecule has 2 heterocycles. The van der Waals surface area contributed by atoms with Crippen molar-refractivity contribution < 1.29 is 65.2 Å². The standard InChI is InChI=1S/2C24H21F2NO5/c1-3-31-19(28)12-14-8-10-15(11-9-14)27-13-18-20(23(27)29)22(30-2)17-7-5-4-6-16(17)21(18)32-24(25)26;1-3-31-19(28)12-14-8-10-15(11-9-14)27-13-18-20(23(27)29)22(32-24(25)26)17-7-5-4-6-16(17)21(18)30-2/h2*4-11,24H,3,12-13H2,1-2H3. The number of alkyl halides is 4. The van der Waals surface area contributed by atoms with Gasteiger partial charge >= 0.3 is 25.2 Å². The number of benzene rings is 6. The van der Waals surface area contributed by atoms with E-state index in [1.165, 1.54) is 24.0 Å². The van der Waals surface area contributed by atoms with Gasteiger partial charge < -0.3 is 38.2 Å². The molecule has 0 aliphatic carbocycles. The molecule has 332 valence electrons. The van der Waals surface area contributed by atoms with Gasteiger partial charge in [0.25, 0.3) is 11.8 Å². The van der Waals surface area contributed by atoms with Crippen molar-refractivity contribution in [2.45, 2.75) is 53.0 Å². The normalized spacial score (nSPS) is 12.9. The molecule has 6 aromatic rings. The van der Waals surface area contributed by atoms with Crippen LogP contribution in [-0.4, -0.2) is 64.4 Å². The van der Waals surface area contributed by atoms with E-state index in [-0.39, 0.29) is 66.4 Å². The lowest BCUT2D eigenvalue weighted by atomic mass is 9.99. The lowest BCUT2D eigenvalue weighted by Gasteiger charge is -2.16. The minimum atomic E-state index is -3.08. The number of hydrogen-bond acceptors (Lipinski definition) is 10. The van der Waals surface area contributed by atoms with Crippen LogP contribution >= 0.6 is 0 Å². The van der Waals surface area contributed by atoms with Crippen molar-refractivity contribution in [2.75, 3.05) is 37.2 Å². The second kappa shape index (κ2) is 19.4. The molecule has 0 spiro atoms. The summed E-state index contributed by atoms with van der Waals surface area (Å²) in [7, 11) is 2.92. The number of methoxy groups -OCH3 is 2. The van der Waals surface area contributed by atoms with Crippen LogP contribution in [0.15, 0.2) is 97.1 Å². The molecule has 0 atom stereocenters. The van der Waals surface area contributed by atoms with Crippen molar-refractivity contribution in [3.8, 4) is 23.0 Å². The highest BCUT2D eigenvalue weighted by Crippen LogP contribution is 2.48. The molecule has 2 aliphatic heterocycles. The van der Waals surface area contributed by atoms with Gasteiger partial charge in [0.05, 0.1) is 64.5 Å². The number of hydrogen-bond donors (Lipinski definition) is 0. The van der Waals surface area contributed by atoms with Gasteiger partial charge in [-0.05, 0) is 49.2 Å². The average molecular weight is 883 g/mol. The highest BCUT2D eigenvalue weighted by atomic mass is 19.3. The number of halogens is 4. The fraction of sp³-hybridized carbons (Fsp3) is 0.250. The summed E-state index contributed by atoms with van der Waals surface area (Å²) in [4.78, 5) is 53.0. The van der Waals surface area contributed by atoms with E-state index in [2.05, 4.69) is 0 Å². The SMILES string of the molecule is CCOC(=O)Cc1ccc(N2Cc3c(c(OC(F)F)c4ccccc4c3OC)C2=O)cc1.CCOC(=O)Cc1ccc(N2Cc3c(c(OC)c4ccccc4c3OC(F)F)C2=O)cc1. The van der Waals surface area contributed by atoms with Gasteiger partial charge in [0.15, 0.2) is 0 Å². The van der Waals surface area contributed by atoms with Crippen molar-refractivity contribution in [2.24, 2.45) is 0 Å². The van der Waals surface area contributed by atoms with Crippen LogP contribution in [0.3, 0.4) is 0 Å². The van der Waals surface area contributed by atoms with Crippen molar-refractivity contribution in [3.63, 3.8) is 0 Å². The van der Waals surface area contributed by atoms with E-state index >= 15 is 0 Å². The molecule has 0 fully saturated rings. The fourth-order valence-corrected chi connectivity index (χ4v) is 7.98. The maximum Gasteiger partial charge on any atom is 0.387 e. The predicted molar refractivity (Wildman–Crippen MR) is 229 cm³/mol. The van der Waals surface area contributed by atoms with Gasteiger partial charge in [0.2, 0.25) is 0 Å². The van der Waals surface area contributed by atoms with Gasteiger partial charge in [-0.25, -0.2) is 0 Å². The van der Waals surface area contributed by atoms with E-state index in [1.807, 2.05) is 0 Å². The van der Waals surface area contributed by atoms with Crippen LogP contribution < -0.4 is 28.7 Å². The van der Waals surface area contributed by atoms with Crippen LogP contribution in [0.4, 0.5) is 28.9 Å². The van der Waals surface area contributed by atoms with Crippen molar-refractivity contribution in [1.29, 1.82) is 0 Å². The summed E-state index contributed by atoms with van der Waals surface area (Å²) in [5.41, 5.74) is 3.71. The first-order valence-electron chi connectivity index (χ1n) is 20.1. The number of ether oxygens (including phenoxy) is 6. The molecule has 2 amide bonds. The quantitative estimate of drug-likeness (QED) is 0.0771. The average Bonchev–Trinajstić information content (AvgIpc) is 3.80. The second-order valence-electron chi connectivity index (χ2n) is 14.4. The topological polar surface area (TPSA) is 130 Å². The van der Waals surface area contributed by atoms with Crippen molar-refractivity contribution in [1.82, 2.24) is 0 Å². The summed E-state index contributed by atoms with van der Waals surface area (Å²) in [6.45, 7) is -1.86. The van der Waals surface area contributed by atoms with Crippen molar-refractivity contribution in [3.05, 3.63) is 130 Å². The molecule has 0 bridgehead atoms. The van der Waals surface area contributed by atoms with Crippen LogP contribution in [0.1, 0.15) is 56.8 Å². The van der Waals surface area contributed by atoms with Gasteiger partial charge in [-0.1, -0.05) is 72.8 Å². The number of rotatable bonds is 14. The molecule has 12 nitrogen and oxygen atoms in total. The smallest absolute Gasteiger partial charge is 0.387 e. The van der Waals surface area contributed by atoms with E-state index in [1.54, 1.807) is 111 Å². The molecule has 0 unspecified atom stereocenters. The van der Waals surface area contributed by atoms with Gasteiger partial charge in [0.1, 0.15) is 23.0 Å². The Morgan fingerprint density at radius 2 is 0.891 bits per heavy atom. The predicted octanol–water partition coefficient (Wildman–Crippen LogP) is 9.43. The third kappa shape index (κ3) is 8.94. The van der Waals surface area contributed by atoms with Crippen LogP contribution in [-0.2, 0) is 45.0 Å². The molecule has 0 radical (unpaired) electrons. The summed E-state index contributed by atoms with van der Waals surface area (Å²) in [6.07, 6.45) is 0.238. The Morgan fingerprint density at radius 3 is 1.30 bits per heavy atom. The Balaban J connectivity index is 0.000000191. The zero-order valence-electron chi connectivity index (χ0n) is 35.1. The molecule has 0 saturated heterocycles. The number of anilines is 2. The van der Waals surface area contributed by atoms with Crippen LogP contribution in [0, 0.1) is 0 Å². The maximum absolute atomic E-state index is 13.3. The number of esters is 2. The first kappa shape index (κ1) is 44.7.